The van der Waals surface area contributed by atoms with Crippen LogP contribution >= 0.6 is 24.0 Å². The summed E-state index contributed by atoms with van der Waals surface area (Å²) in [5, 5.41) is 10.1. The molecule has 2 aromatic rings. The van der Waals surface area contributed by atoms with Gasteiger partial charge in [0.2, 0.25) is 0 Å². The Labute approximate surface area is 187 Å². The first-order chi connectivity index (χ1) is 14.5. The number of nitrogens with two attached hydrogens (primary N) is 3. The molecule has 0 amide bonds. The van der Waals surface area contributed by atoms with Crippen LogP contribution in [-0.2, 0) is 6.54 Å². The normalized spacial score (nSPS) is 15.7. The van der Waals surface area contributed by atoms with E-state index in [-0.39, 0.29) is 5.71 Å². The minimum Gasteiger partial charge on any atom is -0.404 e. The van der Waals surface area contributed by atoms with Gasteiger partial charge in [0.1, 0.15) is 0 Å². The van der Waals surface area contributed by atoms with Crippen LogP contribution in [-0.4, -0.2) is 40.6 Å². The molecule has 0 spiro atoms. The van der Waals surface area contributed by atoms with E-state index >= 15 is 0 Å². The second kappa shape index (κ2) is 10.4. The monoisotopic (exact) mass is 437 g/mol. The SMILES string of the molecule is N=C(/C(N)=C/c1cccc(CN2CCSCC2)c1)c1cc(C(C=S)=CN)ccc1N. The smallest absolute Gasteiger partial charge is 0.0862 e. The fourth-order valence-electron chi connectivity index (χ4n) is 3.36. The summed E-state index contributed by atoms with van der Waals surface area (Å²) >= 11 is 7.02. The van der Waals surface area contributed by atoms with E-state index in [1.807, 2.05) is 36.0 Å². The quantitative estimate of drug-likeness (QED) is 0.229. The van der Waals surface area contributed by atoms with E-state index in [0.29, 0.717) is 22.5 Å². The number of nitrogens with one attached hydrogen (secondary N) is 1. The molecule has 1 saturated heterocycles. The predicted molar refractivity (Wildman–Crippen MR) is 135 cm³/mol. The lowest BCUT2D eigenvalue weighted by Gasteiger charge is -2.26. The maximum atomic E-state index is 8.57. The standard InChI is InChI=1S/C23H27N5S2/c24-13-19(15-29)18-4-5-21(25)20(12-18)23(27)22(26)11-16-2-1-3-17(10-16)14-28-6-8-30-9-7-28/h1-5,10-13,15,27H,6-9,14,24-26H2/b19-13?,22-11-,27-23?. The third-order valence-corrected chi connectivity index (χ3v) is 6.23. The topological polar surface area (TPSA) is 105 Å². The molecule has 0 unspecified atom stereocenters. The number of hydrogen-bond donors (Lipinski definition) is 4. The van der Waals surface area contributed by atoms with Crippen molar-refractivity contribution in [2.75, 3.05) is 30.3 Å². The van der Waals surface area contributed by atoms with Gasteiger partial charge in [-0.3, -0.25) is 10.3 Å². The molecule has 0 atom stereocenters. The highest BCUT2D eigenvalue weighted by Crippen LogP contribution is 2.22. The number of anilines is 1. The lowest BCUT2D eigenvalue weighted by Crippen LogP contribution is -2.31. The van der Waals surface area contributed by atoms with Crippen LogP contribution < -0.4 is 17.2 Å². The minimum atomic E-state index is 0.175. The molecule has 2 aromatic carbocycles. The van der Waals surface area contributed by atoms with Crippen LogP contribution in [0.2, 0.25) is 0 Å². The van der Waals surface area contributed by atoms with Crippen LogP contribution in [0.3, 0.4) is 0 Å². The van der Waals surface area contributed by atoms with E-state index in [1.54, 1.807) is 12.1 Å². The van der Waals surface area contributed by atoms with E-state index in [4.69, 9.17) is 34.8 Å². The molecule has 156 valence electrons. The number of allylic oxidation sites excluding steroid dienone is 2. The Morgan fingerprint density at radius 2 is 1.93 bits per heavy atom. The average molecular weight is 438 g/mol. The fraction of sp³-hybridized carbons (Fsp3) is 0.217. The fourth-order valence-corrected chi connectivity index (χ4v) is 4.56. The largest absolute Gasteiger partial charge is 0.404 e. The maximum Gasteiger partial charge on any atom is 0.0862 e. The van der Waals surface area contributed by atoms with E-state index in [2.05, 4.69) is 17.0 Å². The van der Waals surface area contributed by atoms with E-state index in [1.165, 1.54) is 28.6 Å². The van der Waals surface area contributed by atoms with Crippen molar-refractivity contribution in [2.45, 2.75) is 6.54 Å². The van der Waals surface area contributed by atoms with Gasteiger partial charge in [0.15, 0.2) is 0 Å². The van der Waals surface area contributed by atoms with Crippen molar-refractivity contribution in [1.29, 1.82) is 5.41 Å². The lowest BCUT2D eigenvalue weighted by molar-refractivity contribution is 0.294. The highest BCUT2D eigenvalue weighted by Gasteiger charge is 2.13. The predicted octanol–water partition coefficient (Wildman–Crippen LogP) is 3.48. The van der Waals surface area contributed by atoms with Crippen molar-refractivity contribution in [2.24, 2.45) is 11.5 Å². The Morgan fingerprint density at radius 1 is 1.17 bits per heavy atom. The molecule has 0 aliphatic carbocycles. The molecule has 1 aliphatic rings. The third kappa shape index (κ3) is 5.50. The molecule has 30 heavy (non-hydrogen) atoms. The molecule has 7 N–H and O–H groups in total. The third-order valence-electron chi connectivity index (χ3n) is 5.03. The van der Waals surface area contributed by atoms with Crippen LogP contribution in [0.4, 0.5) is 5.69 Å². The van der Waals surface area contributed by atoms with Crippen molar-refractivity contribution in [3.63, 3.8) is 0 Å². The zero-order chi connectivity index (χ0) is 21.5. The second-order valence-corrected chi connectivity index (χ2v) is 8.61. The minimum absolute atomic E-state index is 0.175. The first kappa shape index (κ1) is 22.1. The maximum absolute atomic E-state index is 8.57. The second-order valence-electron chi connectivity index (χ2n) is 7.15. The highest BCUT2D eigenvalue weighted by molar-refractivity contribution is 7.99. The molecule has 0 radical (unpaired) electrons. The van der Waals surface area contributed by atoms with Crippen LogP contribution in [0, 0.1) is 5.41 Å². The van der Waals surface area contributed by atoms with Gasteiger partial charge in [0, 0.05) is 59.5 Å². The summed E-state index contributed by atoms with van der Waals surface area (Å²) in [4.78, 5) is 2.47. The van der Waals surface area contributed by atoms with Gasteiger partial charge in [0.05, 0.1) is 11.4 Å². The molecular formula is C23H27N5S2. The number of thioether (sulfide) groups is 1. The van der Waals surface area contributed by atoms with Gasteiger partial charge in [-0.2, -0.15) is 11.8 Å². The van der Waals surface area contributed by atoms with Crippen LogP contribution in [0.25, 0.3) is 11.6 Å². The number of nitrogen functional groups attached to an aromatic ring is 1. The number of hydrogen-bond acceptors (Lipinski definition) is 7. The number of nitrogens with zero attached hydrogens (tertiary/aromatic N) is 1. The molecule has 0 bridgehead atoms. The van der Waals surface area contributed by atoms with Crippen molar-refractivity contribution in [3.8, 4) is 0 Å². The van der Waals surface area contributed by atoms with Crippen molar-refractivity contribution >= 4 is 52.4 Å². The first-order valence-electron chi connectivity index (χ1n) is 9.74. The Bertz CT molecular complexity index is 991. The molecule has 1 fully saturated rings. The van der Waals surface area contributed by atoms with Gasteiger partial charge >= 0.3 is 0 Å². The first-order valence-corrected chi connectivity index (χ1v) is 11.4. The molecule has 1 aliphatic heterocycles. The lowest BCUT2D eigenvalue weighted by atomic mass is 9.98. The summed E-state index contributed by atoms with van der Waals surface area (Å²) in [7, 11) is 0. The van der Waals surface area contributed by atoms with Gasteiger partial charge in [-0.15, -0.1) is 0 Å². The number of thiocarbonyl (C=S) groups is 1. The molecule has 5 nitrogen and oxygen atoms in total. The van der Waals surface area contributed by atoms with Crippen molar-refractivity contribution < 1.29 is 0 Å². The van der Waals surface area contributed by atoms with Crippen LogP contribution in [0.15, 0.2) is 54.4 Å². The van der Waals surface area contributed by atoms with Crippen molar-refractivity contribution in [1.82, 2.24) is 4.90 Å². The summed E-state index contributed by atoms with van der Waals surface area (Å²) in [5.74, 6) is 2.38. The highest BCUT2D eigenvalue weighted by atomic mass is 32.2. The Balaban J connectivity index is 1.81. The van der Waals surface area contributed by atoms with E-state index < -0.39 is 0 Å². The zero-order valence-electron chi connectivity index (χ0n) is 16.8. The van der Waals surface area contributed by atoms with E-state index in [0.717, 1.165) is 30.8 Å². The molecule has 1 heterocycles. The summed E-state index contributed by atoms with van der Waals surface area (Å²) < 4.78 is 0. The van der Waals surface area contributed by atoms with Gasteiger partial charge < -0.3 is 17.2 Å². The van der Waals surface area contributed by atoms with Gasteiger partial charge in [-0.05, 0) is 34.9 Å². The van der Waals surface area contributed by atoms with Crippen LogP contribution in [0.1, 0.15) is 22.3 Å². The Kier molecular flexibility index (Phi) is 7.68. The summed E-state index contributed by atoms with van der Waals surface area (Å²) in [6, 6.07) is 13.7. The zero-order valence-corrected chi connectivity index (χ0v) is 18.4. The molecule has 7 heteroatoms. The summed E-state index contributed by atoms with van der Waals surface area (Å²) in [5.41, 5.74) is 23.3. The van der Waals surface area contributed by atoms with E-state index in [9.17, 15) is 0 Å². The summed E-state index contributed by atoms with van der Waals surface area (Å²) in [6.45, 7) is 3.17. The number of benzene rings is 2. The molecule has 0 saturated carbocycles. The Morgan fingerprint density at radius 3 is 2.63 bits per heavy atom. The molecule has 0 aromatic heterocycles. The molecule has 3 rings (SSSR count). The molecular weight excluding hydrogens is 410 g/mol. The van der Waals surface area contributed by atoms with Gasteiger partial charge in [-0.1, -0.05) is 42.5 Å². The van der Waals surface area contributed by atoms with Crippen LogP contribution in [0.5, 0.6) is 0 Å². The van der Waals surface area contributed by atoms with Crippen molar-refractivity contribution in [3.05, 3.63) is 76.6 Å². The average Bonchev–Trinajstić information content (AvgIpc) is 2.76. The number of rotatable bonds is 7. The Hall–Kier alpha value is -2.61. The summed E-state index contributed by atoms with van der Waals surface area (Å²) in [6.07, 6.45) is 3.26. The van der Waals surface area contributed by atoms with Gasteiger partial charge in [0.25, 0.3) is 0 Å². The van der Waals surface area contributed by atoms with Gasteiger partial charge in [-0.25, -0.2) is 0 Å².